The first-order valence-electron chi connectivity index (χ1n) is 7.59. The number of hydrogen-bond donors (Lipinski definition) is 1. The molecule has 0 unspecified atom stereocenters. The first-order valence-corrected chi connectivity index (χ1v) is 8.57. The third-order valence-corrected chi connectivity index (χ3v) is 4.46. The van der Waals surface area contributed by atoms with E-state index in [-0.39, 0.29) is 11.7 Å². The summed E-state index contributed by atoms with van der Waals surface area (Å²) in [7, 11) is 0. The zero-order valence-electron chi connectivity index (χ0n) is 13.6. The SMILES string of the molecule is Cc1ccc(C)c(NC(=O)CSc2ncnn2-c2ccccc2)c1. The third-order valence-electron chi connectivity index (χ3n) is 3.52. The predicted octanol–water partition coefficient (Wildman–Crippen LogP) is 3.61. The molecule has 1 heterocycles. The molecule has 0 spiro atoms. The zero-order valence-corrected chi connectivity index (χ0v) is 14.4. The Labute approximate surface area is 145 Å². The molecule has 2 aromatic carbocycles. The van der Waals surface area contributed by atoms with E-state index in [0.717, 1.165) is 22.5 Å². The van der Waals surface area contributed by atoms with E-state index in [1.165, 1.54) is 18.1 Å². The Morgan fingerprint density at radius 2 is 1.96 bits per heavy atom. The maximum atomic E-state index is 12.2. The number of hydrogen-bond acceptors (Lipinski definition) is 4. The van der Waals surface area contributed by atoms with Crippen molar-refractivity contribution in [3.05, 3.63) is 66.0 Å². The zero-order chi connectivity index (χ0) is 16.9. The van der Waals surface area contributed by atoms with Crippen LogP contribution in [0, 0.1) is 13.8 Å². The molecule has 0 bridgehead atoms. The molecule has 5 nitrogen and oxygen atoms in total. The number of para-hydroxylation sites is 1. The van der Waals surface area contributed by atoms with Crippen molar-refractivity contribution in [2.75, 3.05) is 11.1 Å². The first-order chi connectivity index (χ1) is 11.6. The van der Waals surface area contributed by atoms with Crippen LogP contribution in [0.4, 0.5) is 5.69 Å². The molecule has 1 amide bonds. The lowest BCUT2D eigenvalue weighted by atomic mass is 10.1. The minimum absolute atomic E-state index is 0.0590. The summed E-state index contributed by atoms with van der Waals surface area (Å²) in [4.78, 5) is 16.5. The van der Waals surface area contributed by atoms with Crippen molar-refractivity contribution in [3.8, 4) is 5.69 Å². The van der Waals surface area contributed by atoms with Crippen molar-refractivity contribution in [1.29, 1.82) is 0 Å². The molecule has 0 atom stereocenters. The Balaban J connectivity index is 1.65. The molecule has 1 aromatic heterocycles. The van der Waals surface area contributed by atoms with Crippen LogP contribution in [0.15, 0.2) is 60.0 Å². The predicted molar refractivity (Wildman–Crippen MR) is 96.6 cm³/mol. The molecule has 0 aliphatic heterocycles. The number of nitrogens with one attached hydrogen (secondary N) is 1. The van der Waals surface area contributed by atoms with E-state index in [4.69, 9.17) is 0 Å². The highest BCUT2D eigenvalue weighted by Crippen LogP contribution is 2.20. The van der Waals surface area contributed by atoms with Crippen molar-refractivity contribution in [1.82, 2.24) is 14.8 Å². The Morgan fingerprint density at radius 1 is 1.17 bits per heavy atom. The number of aromatic nitrogens is 3. The van der Waals surface area contributed by atoms with Crippen LogP contribution in [0.5, 0.6) is 0 Å². The minimum atomic E-state index is -0.0590. The minimum Gasteiger partial charge on any atom is -0.325 e. The average Bonchev–Trinajstić information content (AvgIpc) is 3.06. The second kappa shape index (κ2) is 7.31. The number of carbonyl (C=O) groups is 1. The molecule has 3 rings (SSSR count). The van der Waals surface area contributed by atoms with Crippen LogP contribution < -0.4 is 5.32 Å². The average molecular weight is 338 g/mol. The lowest BCUT2D eigenvalue weighted by Crippen LogP contribution is -2.15. The van der Waals surface area contributed by atoms with Gasteiger partial charge < -0.3 is 5.32 Å². The third kappa shape index (κ3) is 3.83. The molecule has 1 N–H and O–H groups in total. The lowest BCUT2D eigenvalue weighted by molar-refractivity contribution is -0.113. The second-order valence-electron chi connectivity index (χ2n) is 5.45. The molecule has 6 heteroatoms. The molecule has 3 aromatic rings. The van der Waals surface area contributed by atoms with Crippen molar-refractivity contribution in [2.45, 2.75) is 19.0 Å². The smallest absolute Gasteiger partial charge is 0.234 e. The highest BCUT2D eigenvalue weighted by atomic mass is 32.2. The Bertz CT molecular complexity index is 845. The second-order valence-corrected chi connectivity index (χ2v) is 6.39. The summed E-state index contributed by atoms with van der Waals surface area (Å²) in [5, 5.41) is 7.87. The molecule has 0 aliphatic carbocycles. The van der Waals surface area contributed by atoms with Gasteiger partial charge in [-0.15, -0.1) is 0 Å². The monoisotopic (exact) mass is 338 g/mol. The van der Waals surface area contributed by atoms with E-state index >= 15 is 0 Å². The van der Waals surface area contributed by atoms with Crippen LogP contribution in [0.3, 0.4) is 0 Å². The van der Waals surface area contributed by atoms with E-state index in [0.29, 0.717) is 5.16 Å². The fourth-order valence-electron chi connectivity index (χ4n) is 2.26. The van der Waals surface area contributed by atoms with Gasteiger partial charge in [0.1, 0.15) is 6.33 Å². The lowest BCUT2D eigenvalue weighted by Gasteiger charge is -2.09. The molecule has 24 heavy (non-hydrogen) atoms. The summed E-state index contributed by atoms with van der Waals surface area (Å²) in [6, 6.07) is 15.8. The number of nitrogens with zero attached hydrogens (tertiary/aromatic N) is 3. The maximum absolute atomic E-state index is 12.2. The topological polar surface area (TPSA) is 59.8 Å². The van der Waals surface area contributed by atoms with E-state index in [1.807, 2.05) is 62.4 Å². The largest absolute Gasteiger partial charge is 0.325 e. The van der Waals surface area contributed by atoms with Gasteiger partial charge in [0.2, 0.25) is 5.91 Å². The first kappa shape index (κ1) is 16.3. The molecule has 0 aliphatic rings. The fraction of sp³-hybridized carbons (Fsp3) is 0.167. The number of thioether (sulfide) groups is 1. The fourth-order valence-corrected chi connectivity index (χ4v) is 2.99. The molecule has 0 radical (unpaired) electrons. The van der Waals surface area contributed by atoms with Gasteiger partial charge in [-0.1, -0.05) is 42.1 Å². The van der Waals surface area contributed by atoms with Crippen LogP contribution >= 0.6 is 11.8 Å². The van der Waals surface area contributed by atoms with Crippen molar-refractivity contribution in [2.24, 2.45) is 0 Å². The molecule has 0 fully saturated rings. The van der Waals surface area contributed by atoms with Crippen molar-refractivity contribution >= 4 is 23.4 Å². The van der Waals surface area contributed by atoms with Gasteiger partial charge in [0.15, 0.2) is 5.16 Å². The molecule has 122 valence electrons. The van der Waals surface area contributed by atoms with Gasteiger partial charge in [0.25, 0.3) is 0 Å². The summed E-state index contributed by atoms with van der Waals surface area (Å²) in [5.74, 6) is 0.218. The van der Waals surface area contributed by atoms with Gasteiger partial charge in [-0.2, -0.15) is 5.10 Å². The quantitative estimate of drug-likeness (QED) is 0.722. The Kier molecular flexibility index (Phi) is 4.96. The van der Waals surface area contributed by atoms with Crippen LogP contribution in [0.25, 0.3) is 5.69 Å². The summed E-state index contributed by atoms with van der Waals surface area (Å²) in [6.07, 6.45) is 1.50. The number of amides is 1. The van der Waals surface area contributed by atoms with Crippen molar-refractivity contribution < 1.29 is 4.79 Å². The summed E-state index contributed by atoms with van der Waals surface area (Å²) in [5.41, 5.74) is 3.94. The molecular weight excluding hydrogens is 320 g/mol. The molecule has 0 saturated heterocycles. The van der Waals surface area contributed by atoms with Crippen LogP contribution in [-0.4, -0.2) is 26.4 Å². The van der Waals surface area contributed by atoms with Gasteiger partial charge in [-0.25, -0.2) is 9.67 Å². The van der Waals surface area contributed by atoms with E-state index < -0.39 is 0 Å². The number of aryl methyl sites for hydroxylation is 2. The number of anilines is 1. The number of rotatable bonds is 5. The Hall–Kier alpha value is -2.60. The van der Waals surface area contributed by atoms with Crippen molar-refractivity contribution in [3.63, 3.8) is 0 Å². The van der Waals surface area contributed by atoms with E-state index in [2.05, 4.69) is 15.4 Å². The summed E-state index contributed by atoms with van der Waals surface area (Å²) in [6.45, 7) is 3.99. The highest BCUT2D eigenvalue weighted by molar-refractivity contribution is 7.99. The normalized spacial score (nSPS) is 10.6. The summed E-state index contributed by atoms with van der Waals surface area (Å²) < 4.78 is 1.73. The van der Waals surface area contributed by atoms with Crippen LogP contribution in [0.1, 0.15) is 11.1 Å². The Morgan fingerprint density at radius 3 is 2.75 bits per heavy atom. The van der Waals surface area contributed by atoms with Gasteiger partial charge >= 0.3 is 0 Å². The standard InChI is InChI=1S/C18H18N4OS/c1-13-8-9-14(2)16(10-13)21-17(23)11-24-18-19-12-20-22(18)15-6-4-3-5-7-15/h3-10,12H,11H2,1-2H3,(H,21,23). The number of carbonyl (C=O) groups excluding carboxylic acids is 1. The maximum Gasteiger partial charge on any atom is 0.234 e. The van der Waals surface area contributed by atoms with E-state index in [9.17, 15) is 4.79 Å². The van der Waals surface area contributed by atoms with Gasteiger partial charge in [-0.3, -0.25) is 4.79 Å². The van der Waals surface area contributed by atoms with Crippen LogP contribution in [-0.2, 0) is 4.79 Å². The number of benzene rings is 2. The molecule has 0 saturated carbocycles. The van der Waals surface area contributed by atoms with Crippen LogP contribution in [0.2, 0.25) is 0 Å². The van der Waals surface area contributed by atoms with E-state index in [1.54, 1.807) is 4.68 Å². The molecular formula is C18H18N4OS. The van der Waals surface area contributed by atoms with Gasteiger partial charge in [0.05, 0.1) is 11.4 Å². The van der Waals surface area contributed by atoms with Gasteiger partial charge in [0, 0.05) is 5.69 Å². The highest BCUT2D eigenvalue weighted by Gasteiger charge is 2.11. The summed E-state index contributed by atoms with van der Waals surface area (Å²) >= 11 is 1.36. The van der Waals surface area contributed by atoms with Gasteiger partial charge in [-0.05, 0) is 43.2 Å².